The molecule has 0 spiro atoms. The number of carbonyl (C=O) groups excluding carboxylic acids is 2. The molecule has 0 heterocycles. The van der Waals surface area contributed by atoms with Gasteiger partial charge < -0.3 is 0 Å². The summed E-state index contributed by atoms with van der Waals surface area (Å²) in [5.74, 6) is 0.00253. The molecule has 0 amide bonds. The van der Waals surface area contributed by atoms with Gasteiger partial charge in [0.15, 0.2) is 5.78 Å². The van der Waals surface area contributed by atoms with Gasteiger partial charge in [0.25, 0.3) is 0 Å². The normalized spacial score (nSPS) is 23.1. The molecular formula is C17H20O2. The van der Waals surface area contributed by atoms with E-state index < -0.39 is 0 Å². The van der Waals surface area contributed by atoms with Crippen molar-refractivity contribution in [1.29, 1.82) is 0 Å². The zero-order valence-corrected chi connectivity index (χ0v) is 11.4. The lowest BCUT2D eigenvalue weighted by molar-refractivity contribution is -0.125. The van der Waals surface area contributed by atoms with E-state index in [0.717, 1.165) is 18.4 Å². The Morgan fingerprint density at radius 1 is 1.32 bits per heavy atom. The molecule has 0 N–H and O–H groups in total. The second-order valence-corrected chi connectivity index (χ2v) is 5.46. The van der Waals surface area contributed by atoms with Crippen LogP contribution in [0.2, 0.25) is 0 Å². The van der Waals surface area contributed by atoms with Crippen molar-refractivity contribution < 1.29 is 9.59 Å². The van der Waals surface area contributed by atoms with Crippen LogP contribution in [0.4, 0.5) is 0 Å². The standard InChI is InChI=1S/C17H20O2/c1-12(2)11-15-14(9-6-10-16(15)18)17(19)13-7-4-3-5-8-13/h3-5,7-8,14-15H,1,6,9-11H2,2H3/t14-,15+/m0/s1. The number of ketones is 2. The highest BCUT2D eigenvalue weighted by Crippen LogP contribution is 2.34. The topological polar surface area (TPSA) is 34.1 Å². The minimum absolute atomic E-state index is 0.111. The molecule has 2 atom stereocenters. The van der Waals surface area contributed by atoms with Gasteiger partial charge in [0, 0.05) is 23.8 Å². The van der Waals surface area contributed by atoms with Crippen molar-refractivity contribution in [3.8, 4) is 0 Å². The molecule has 2 heteroatoms. The molecule has 0 saturated heterocycles. The number of carbonyl (C=O) groups is 2. The van der Waals surface area contributed by atoms with Gasteiger partial charge in [0.2, 0.25) is 0 Å². The lowest BCUT2D eigenvalue weighted by Crippen LogP contribution is -2.34. The Balaban J connectivity index is 2.22. The van der Waals surface area contributed by atoms with Crippen molar-refractivity contribution in [2.24, 2.45) is 11.8 Å². The second kappa shape index (κ2) is 5.96. The highest BCUT2D eigenvalue weighted by Gasteiger charge is 2.36. The van der Waals surface area contributed by atoms with E-state index in [0.29, 0.717) is 18.4 Å². The Bertz CT molecular complexity index is 487. The van der Waals surface area contributed by atoms with Crippen LogP contribution in [0.5, 0.6) is 0 Å². The van der Waals surface area contributed by atoms with Gasteiger partial charge in [-0.05, 0) is 26.2 Å². The van der Waals surface area contributed by atoms with Crippen LogP contribution in [0.25, 0.3) is 0 Å². The summed E-state index contributed by atoms with van der Waals surface area (Å²) in [7, 11) is 0. The van der Waals surface area contributed by atoms with Gasteiger partial charge in [0.1, 0.15) is 5.78 Å². The summed E-state index contributed by atoms with van der Waals surface area (Å²) in [6.07, 6.45) is 2.89. The Labute approximate surface area is 114 Å². The Kier molecular flexibility index (Phi) is 4.31. The molecule has 1 saturated carbocycles. The summed E-state index contributed by atoms with van der Waals surface area (Å²) < 4.78 is 0. The molecule has 0 radical (unpaired) electrons. The van der Waals surface area contributed by atoms with Crippen molar-refractivity contribution in [2.45, 2.75) is 32.6 Å². The van der Waals surface area contributed by atoms with E-state index in [1.54, 1.807) is 0 Å². The van der Waals surface area contributed by atoms with Crippen LogP contribution in [-0.4, -0.2) is 11.6 Å². The molecular weight excluding hydrogens is 236 g/mol. The first-order valence-electron chi connectivity index (χ1n) is 6.86. The van der Waals surface area contributed by atoms with Gasteiger partial charge in [-0.15, -0.1) is 6.58 Å². The average molecular weight is 256 g/mol. The van der Waals surface area contributed by atoms with Crippen LogP contribution in [0.3, 0.4) is 0 Å². The molecule has 2 nitrogen and oxygen atoms in total. The SMILES string of the molecule is C=C(C)C[C@H]1C(=O)CCC[C@@H]1C(=O)c1ccccc1. The summed E-state index contributed by atoms with van der Waals surface area (Å²) in [6, 6.07) is 9.30. The van der Waals surface area contributed by atoms with Crippen molar-refractivity contribution >= 4 is 11.6 Å². The third kappa shape index (κ3) is 3.19. The Morgan fingerprint density at radius 2 is 2.00 bits per heavy atom. The van der Waals surface area contributed by atoms with Crippen molar-refractivity contribution in [1.82, 2.24) is 0 Å². The van der Waals surface area contributed by atoms with Gasteiger partial charge in [-0.1, -0.05) is 35.9 Å². The number of benzene rings is 1. The maximum absolute atomic E-state index is 12.6. The number of allylic oxidation sites excluding steroid dienone is 1. The van der Waals surface area contributed by atoms with Crippen molar-refractivity contribution in [3.05, 3.63) is 48.0 Å². The van der Waals surface area contributed by atoms with Gasteiger partial charge in [-0.3, -0.25) is 9.59 Å². The predicted molar refractivity (Wildman–Crippen MR) is 76.0 cm³/mol. The fourth-order valence-corrected chi connectivity index (χ4v) is 2.87. The summed E-state index contributed by atoms with van der Waals surface area (Å²) in [6.45, 7) is 5.81. The lowest BCUT2D eigenvalue weighted by atomic mass is 9.72. The highest BCUT2D eigenvalue weighted by atomic mass is 16.1. The molecule has 1 aromatic rings. The second-order valence-electron chi connectivity index (χ2n) is 5.46. The Morgan fingerprint density at radius 3 is 2.63 bits per heavy atom. The maximum Gasteiger partial charge on any atom is 0.166 e. The van der Waals surface area contributed by atoms with Crippen LogP contribution in [-0.2, 0) is 4.79 Å². The zero-order valence-electron chi connectivity index (χ0n) is 11.4. The molecule has 1 aliphatic carbocycles. The third-order valence-electron chi connectivity index (χ3n) is 3.80. The molecule has 0 aromatic heterocycles. The molecule has 0 aliphatic heterocycles. The molecule has 1 aromatic carbocycles. The molecule has 0 unspecified atom stereocenters. The summed E-state index contributed by atoms with van der Waals surface area (Å²) in [5.41, 5.74) is 1.69. The van der Waals surface area contributed by atoms with Crippen LogP contribution in [0, 0.1) is 11.8 Å². The third-order valence-corrected chi connectivity index (χ3v) is 3.80. The largest absolute Gasteiger partial charge is 0.299 e. The Hall–Kier alpha value is -1.70. The summed E-state index contributed by atoms with van der Waals surface area (Å²) in [5, 5.41) is 0. The average Bonchev–Trinajstić information content (AvgIpc) is 2.41. The first-order chi connectivity index (χ1) is 9.09. The fourth-order valence-electron chi connectivity index (χ4n) is 2.87. The van der Waals surface area contributed by atoms with Crippen molar-refractivity contribution in [3.63, 3.8) is 0 Å². The summed E-state index contributed by atoms with van der Waals surface area (Å²) in [4.78, 5) is 24.6. The van der Waals surface area contributed by atoms with E-state index >= 15 is 0 Å². The number of Topliss-reactive ketones (excluding diaryl/α,β-unsaturated/α-hetero) is 2. The maximum atomic E-state index is 12.6. The lowest BCUT2D eigenvalue weighted by Gasteiger charge is -2.29. The number of hydrogen-bond acceptors (Lipinski definition) is 2. The predicted octanol–water partition coefficient (Wildman–Crippen LogP) is 3.82. The van der Waals surface area contributed by atoms with E-state index in [9.17, 15) is 9.59 Å². The van der Waals surface area contributed by atoms with Gasteiger partial charge in [0.05, 0.1) is 0 Å². The van der Waals surface area contributed by atoms with Crippen molar-refractivity contribution in [2.75, 3.05) is 0 Å². The van der Waals surface area contributed by atoms with E-state index in [4.69, 9.17) is 0 Å². The van der Waals surface area contributed by atoms with Crippen LogP contribution in [0.15, 0.2) is 42.5 Å². The monoisotopic (exact) mass is 256 g/mol. The molecule has 100 valence electrons. The molecule has 19 heavy (non-hydrogen) atoms. The molecule has 2 rings (SSSR count). The van der Waals surface area contributed by atoms with E-state index in [1.807, 2.05) is 37.3 Å². The summed E-state index contributed by atoms with van der Waals surface area (Å²) >= 11 is 0. The zero-order chi connectivity index (χ0) is 13.8. The quantitative estimate of drug-likeness (QED) is 0.606. The van der Waals surface area contributed by atoms with Gasteiger partial charge in [-0.25, -0.2) is 0 Å². The smallest absolute Gasteiger partial charge is 0.166 e. The minimum Gasteiger partial charge on any atom is -0.299 e. The number of hydrogen-bond donors (Lipinski definition) is 0. The highest BCUT2D eigenvalue weighted by molar-refractivity contribution is 6.01. The molecule has 1 aliphatic rings. The van der Waals surface area contributed by atoms with Gasteiger partial charge >= 0.3 is 0 Å². The molecule has 1 fully saturated rings. The first kappa shape index (κ1) is 13.7. The first-order valence-corrected chi connectivity index (χ1v) is 6.86. The number of rotatable bonds is 4. The van der Waals surface area contributed by atoms with E-state index in [2.05, 4.69) is 6.58 Å². The van der Waals surface area contributed by atoms with E-state index in [1.165, 1.54) is 0 Å². The van der Waals surface area contributed by atoms with E-state index in [-0.39, 0.29) is 23.4 Å². The van der Waals surface area contributed by atoms with Crippen LogP contribution < -0.4 is 0 Å². The minimum atomic E-state index is -0.168. The van der Waals surface area contributed by atoms with Gasteiger partial charge in [-0.2, -0.15) is 0 Å². The van der Waals surface area contributed by atoms with Crippen LogP contribution in [0.1, 0.15) is 43.0 Å². The van der Waals surface area contributed by atoms with Crippen LogP contribution >= 0.6 is 0 Å². The molecule has 0 bridgehead atoms. The fraction of sp³-hybridized carbons (Fsp3) is 0.412.